The maximum Gasteiger partial charge on any atom is 0.229 e. The summed E-state index contributed by atoms with van der Waals surface area (Å²) >= 11 is 1.46. The Hall–Kier alpha value is -5.15. The van der Waals surface area contributed by atoms with E-state index in [1.165, 1.54) is 16.7 Å². The van der Waals surface area contributed by atoms with Gasteiger partial charge in [-0.3, -0.25) is 0 Å². The highest BCUT2D eigenvalue weighted by atomic mass is 32.1. The van der Waals surface area contributed by atoms with Crippen molar-refractivity contribution in [3.8, 4) is 0 Å². The SMILES string of the molecule is CCC(C)Nc1ccc(NNc2ccc(NNc3ccc(N=Nc4nccs4)c(C)c3)c3ccccc23)c2ccccc12. The topological polar surface area (TPSA) is 97.8 Å². The second-order valence-corrected chi connectivity index (χ2v) is 11.3. The van der Waals surface area contributed by atoms with E-state index in [0.29, 0.717) is 11.2 Å². The predicted molar refractivity (Wildman–Crippen MR) is 183 cm³/mol. The fourth-order valence-corrected chi connectivity index (χ4v) is 5.35. The number of thiazole rings is 1. The molecule has 0 fully saturated rings. The summed E-state index contributed by atoms with van der Waals surface area (Å²) in [4.78, 5) is 4.15. The van der Waals surface area contributed by atoms with Crippen LogP contribution in [0.4, 0.5) is 39.3 Å². The molecule has 6 aromatic rings. The number of benzene rings is 5. The quantitative estimate of drug-likeness (QED) is 0.0765. The van der Waals surface area contributed by atoms with Gasteiger partial charge in [0.2, 0.25) is 5.13 Å². The molecule has 6 rings (SSSR count). The summed E-state index contributed by atoms with van der Waals surface area (Å²) in [6.45, 7) is 6.42. The van der Waals surface area contributed by atoms with Gasteiger partial charge in [-0.25, -0.2) is 4.98 Å². The Bertz CT molecular complexity index is 1880. The van der Waals surface area contributed by atoms with Crippen molar-refractivity contribution in [3.63, 3.8) is 0 Å². The summed E-state index contributed by atoms with van der Waals surface area (Å²) in [5.41, 5.74) is 20.5. The van der Waals surface area contributed by atoms with E-state index in [1.807, 2.05) is 36.6 Å². The number of rotatable bonds is 11. The first-order chi connectivity index (χ1) is 21.1. The number of nitrogens with zero attached hydrogens (tertiary/aromatic N) is 3. The standard InChI is InChI=1S/C34H34N8S/c1-4-23(3)36-30-15-16-32(26-10-6-5-9-25(26)30)40-41-33-18-17-31(27-11-7-8-12-28(27)33)39-37-24-13-14-29(22(2)21-24)38-42-34-35-19-20-43-34/h5-21,23,36-37,39-41H,4H2,1-3H3. The second kappa shape index (κ2) is 12.8. The molecule has 0 radical (unpaired) electrons. The second-order valence-electron chi connectivity index (χ2n) is 10.4. The van der Waals surface area contributed by atoms with Gasteiger partial charge in [-0.1, -0.05) is 55.5 Å². The normalized spacial score (nSPS) is 12.0. The van der Waals surface area contributed by atoms with Crippen LogP contribution in [0.15, 0.2) is 113 Å². The molecule has 216 valence electrons. The van der Waals surface area contributed by atoms with Gasteiger partial charge in [0.25, 0.3) is 0 Å². The van der Waals surface area contributed by atoms with Crippen molar-refractivity contribution in [2.75, 3.05) is 27.0 Å². The maximum atomic E-state index is 4.34. The van der Waals surface area contributed by atoms with Crippen molar-refractivity contribution in [2.45, 2.75) is 33.2 Å². The molecule has 5 aromatic carbocycles. The van der Waals surface area contributed by atoms with E-state index in [2.05, 4.69) is 123 Å². The third-order valence-corrected chi connectivity index (χ3v) is 8.05. The van der Waals surface area contributed by atoms with Crippen LogP contribution in [0.2, 0.25) is 0 Å². The Kier molecular flexibility index (Phi) is 8.33. The number of hydrogen-bond acceptors (Lipinski definition) is 9. The van der Waals surface area contributed by atoms with Crippen molar-refractivity contribution < 1.29 is 0 Å². The van der Waals surface area contributed by atoms with Gasteiger partial charge in [-0.15, -0.1) is 21.6 Å². The van der Waals surface area contributed by atoms with Crippen molar-refractivity contribution in [3.05, 3.63) is 108 Å². The van der Waals surface area contributed by atoms with E-state index < -0.39 is 0 Å². The molecule has 0 saturated heterocycles. The fraction of sp³-hybridized carbons (Fsp3) is 0.147. The van der Waals surface area contributed by atoms with Crippen molar-refractivity contribution in [2.24, 2.45) is 10.2 Å². The van der Waals surface area contributed by atoms with Crippen LogP contribution < -0.4 is 27.0 Å². The van der Waals surface area contributed by atoms with E-state index in [1.54, 1.807) is 6.20 Å². The van der Waals surface area contributed by atoms with Crippen LogP contribution in [-0.2, 0) is 0 Å². The predicted octanol–water partition coefficient (Wildman–Crippen LogP) is 10.3. The third kappa shape index (κ3) is 6.37. The monoisotopic (exact) mass is 586 g/mol. The molecule has 9 heteroatoms. The molecule has 0 aliphatic carbocycles. The van der Waals surface area contributed by atoms with Gasteiger partial charge in [0, 0.05) is 44.9 Å². The van der Waals surface area contributed by atoms with Crippen LogP contribution in [0.25, 0.3) is 21.5 Å². The van der Waals surface area contributed by atoms with E-state index in [0.717, 1.165) is 62.3 Å². The van der Waals surface area contributed by atoms with Gasteiger partial charge in [0.15, 0.2) is 0 Å². The molecule has 1 unspecified atom stereocenters. The molecule has 8 nitrogen and oxygen atoms in total. The van der Waals surface area contributed by atoms with E-state index >= 15 is 0 Å². The largest absolute Gasteiger partial charge is 0.382 e. The first kappa shape index (κ1) is 28.0. The molecule has 43 heavy (non-hydrogen) atoms. The minimum absolute atomic E-state index is 0.405. The maximum absolute atomic E-state index is 4.34. The number of azo groups is 1. The number of aryl methyl sites for hydroxylation is 1. The Morgan fingerprint density at radius 2 is 1.26 bits per heavy atom. The molecule has 1 atom stereocenters. The lowest BCUT2D eigenvalue weighted by Gasteiger charge is -2.19. The first-order valence-electron chi connectivity index (χ1n) is 14.3. The molecule has 0 spiro atoms. The number of hydrazine groups is 2. The Balaban J connectivity index is 1.18. The zero-order valence-corrected chi connectivity index (χ0v) is 25.2. The molecule has 0 aliphatic heterocycles. The summed E-state index contributed by atoms with van der Waals surface area (Å²) < 4.78 is 0. The van der Waals surface area contributed by atoms with Gasteiger partial charge < -0.3 is 27.0 Å². The van der Waals surface area contributed by atoms with Crippen LogP contribution in [0.5, 0.6) is 0 Å². The highest BCUT2D eigenvalue weighted by Crippen LogP contribution is 2.33. The van der Waals surface area contributed by atoms with E-state index in [-0.39, 0.29) is 0 Å². The smallest absolute Gasteiger partial charge is 0.229 e. The van der Waals surface area contributed by atoms with Gasteiger partial charge in [-0.2, -0.15) is 0 Å². The van der Waals surface area contributed by atoms with Crippen molar-refractivity contribution in [1.82, 2.24) is 4.98 Å². The number of fused-ring (bicyclic) bond motifs is 2. The number of nitrogens with one attached hydrogen (secondary N) is 5. The van der Waals surface area contributed by atoms with Crippen LogP contribution in [-0.4, -0.2) is 11.0 Å². The molecule has 0 amide bonds. The van der Waals surface area contributed by atoms with Crippen LogP contribution in [0.1, 0.15) is 25.8 Å². The fourth-order valence-electron chi connectivity index (χ4n) is 4.90. The third-order valence-electron chi connectivity index (χ3n) is 7.40. The summed E-state index contributed by atoms with van der Waals surface area (Å²) in [5.74, 6) is 0. The molecule has 1 heterocycles. The summed E-state index contributed by atoms with van der Waals surface area (Å²) in [6.07, 6.45) is 2.79. The highest BCUT2D eigenvalue weighted by Gasteiger charge is 2.10. The Morgan fingerprint density at radius 3 is 1.79 bits per heavy atom. The van der Waals surface area contributed by atoms with E-state index in [4.69, 9.17) is 0 Å². The molecule has 1 aromatic heterocycles. The lowest BCUT2D eigenvalue weighted by Crippen LogP contribution is -2.14. The molecular formula is C34H34N8S. The lowest BCUT2D eigenvalue weighted by molar-refractivity contribution is 0.765. The zero-order valence-electron chi connectivity index (χ0n) is 24.3. The molecule has 5 N–H and O–H groups in total. The van der Waals surface area contributed by atoms with E-state index in [9.17, 15) is 0 Å². The zero-order chi connectivity index (χ0) is 29.6. The van der Waals surface area contributed by atoms with Gasteiger partial charge in [0.05, 0.1) is 28.4 Å². The summed E-state index contributed by atoms with van der Waals surface area (Å²) in [5, 5.41) is 19.2. The highest BCUT2D eigenvalue weighted by molar-refractivity contribution is 7.13. The van der Waals surface area contributed by atoms with Crippen molar-refractivity contribution >= 4 is 72.1 Å². The number of aromatic nitrogens is 1. The van der Waals surface area contributed by atoms with Gasteiger partial charge in [0.1, 0.15) is 0 Å². The average Bonchev–Trinajstić information content (AvgIpc) is 3.57. The molecular weight excluding hydrogens is 552 g/mol. The number of hydrogen-bond donors (Lipinski definition) is 5. The minimum Gasteiger partial charge on any atom is -0.382 e. The lowest BCUT2D eigenvalue weighted by atomic mass is 10.1. The Morgan fingerprint density at radius 1 is 0.698 bits per heavy atom. The first-order valence-corrected chi connectivity index (χ1v) is 15.2. The molecule has 0 aliphatic rings. The summed E-state index contributed by atoms with van der Waals surface area (Å²) in [6, 6.07) is 31.6. The number of anilines is 5. The molecule has 0 saturated carbocycles. The van der Waals surface area contributed by atoms with Crippen LogP contribution in [0.3, 0.4) is 0 Å². The minimum atomic E-state index is 0.405. The van der Waals surface area contributed by atoms with Crippen molar-refractivity contribution in [1.29, 1.82) is 0 Å². The molecule has 0 bridgehead atoms. The van der Waals surface area contributed by atoms with Gasteiger partial charge >= 0.3 is 0 Å². The van der Waals surface area contributed by atoms with Gasteiger partial charge in [-0.05, 0) is 68.3 Å². The Labute approximate surface area is 255 Å². The van der Waals surface area contributed by atoms with Crippen LogP contribution >= 0.6 is 11.3 Å². The van der Waals surface area contributed by atoms with Crippen LogP contribution in [0, 0.1) is 6.92 Å². The summed E-state index contributed by atoms with van der Waals surface area (Å²) in [7, 11) is 0. The average molecular weight is 587 g/mol.